The average Bonchev–Trinajstić information content (AvgIpc) is 3.19. The number of urea groups is 1. The maximum atomic E-state index is 12.6. The van der Waals surface area contributed by atoms with Gasteiger partial charge in [0.25, 0.3) is 0 Å². The van der Waals surface area contributed by atoms with Crippen molar-refractivity contribution in [3.8, 4) is 11.4 Å². The van der Waals surface area contributed by atoms with Gasteiger partial charge >= 0.3 is 6.03 Å². The van der Waals surface area contributed by atoms with E-state index in [1.54, 1.807) is 35.2 Å². The summed E-state index contributed by atoms with van der Waals surface area (Å²) < 4.78 is 5.48. The molecule has 1 atom stereocenters. The summed E-state index contributed by atoms with van der Waals surface area (Å²) in [5, 5.41) is 8.19. The zero-order chi connectivity index (χ0) is 19.5. The summed E-state index contributed by atoms with van der Waals surface area (Å²) in [6, 6.07) is 14.2. The van der Waals surface area contributed by atoms with E-state index in [-0.39, 0.29) is 11.9 Å². The van der Waals surface area contributed by atoms with Crippen molar-refractivity contribution in [2.24, 2.45) is 0 Å². The fourth-order valence-electron chi connectivity index (χ4n) is 3.25. The highest BCUT2D eigenvalue weighted by Gasteiger charge is 2.28. The number of likely N-dealkylation sites (tertiary alicyclic amines) is 1. The Morgan fingerprint density at radius 3 is 2.75 bits per heavy atom. The van der Waals surface area contributed by atoms with Crippen LogP contribution in [0.1, 0.15) is 24.7 Å². The van der Waals surface area contributed by atoms with Gasteiger partial charge in [-0.05, 0) is 55.3 Å². The molecular weight excluding hydrogens is 399 g/mol. The summed E-state index contributed by atoms with van der Waals surface area (Å²) >= 11 is 11.9. The first-order valence-corrected chi connectivity index (χ1v) is 9.75. The van der Waals surface area contributed by atoms with Crippen molar-refractivity contribution < 1.29 is 9.32 Å². The van der Waals surface area contributed by atoms with Gasteiger partial charge in [0.05, 0.1) is 5.92 Å². The number of carbonyl (C=O) groups excluding carboxylic acids is 1. The number of nitrogens with one attached hydrogen (secondary N) is 1. The monoisotopic (exact) mass is 416 g/mol. The lowest BCUT2D eigenvalue weighted by atomic mass is 9.98. The summed E-state index contributed by atoms with van der Waals surface area (Å²) in [5.41, 5.74) is 1.51. The first-order valence-electron chi connectivity index (χ1n) is 8.99. The second-order valence-corrected chi connectivity index (χ2v) is 7.56. The quantitative estimate of drug-likeness (QED) is 0.615. The molecule has 1 saturated heterocycles. The third-order valence-corrected chi connectivity index (χ3v) is 5.16. The van der Waals surface area contributed by atoms with E-state index in [0.29, 0.717) is 40.5 Å². The average molecular weight is 417 g/mol. The minimum absolute atomic E-state index is 0.00686. The Morgan fingerprint density at radius 1 is 1.14 bits per heavy atom. The van der Waals surface area contributed by atoms with E-state index in [2.05, 4.69) is 15.5 Å². The highest BCUT2D eigenvalue weighted by Crippen LogP contribution is 2.28. The van der Waals surface area contributed by atoms with Crippen molar-refractivity contribution in [1.82, 2.24) is 15.0 Å². The lowest BCUT2D eigenvalue weighted by Gasteiger charge is -2.31. The molecule has 8 heteroatoms. The molecule has 4 rings (SSSR count). The zero-order valence-electron chi connectivity index (χ0n) is 14.9. The summed E-state index contributed by atoms with van der Waals surface area (Å²) in [6.45, 7) is 1.20. The molecule has 0 saturated carbocycles. The number of amides is 2. The fourth-order valence-corrected chi connectivity index (χ4v) is 3.57. The Hall–Kier alpha value is -2.57. The molecule has 1 fully saturated rings. The molecule has 1 aliphatic heterocycles. The van der Waals surface area contributed by atoms with Crippen LogP contribution in [0.15, 0.2) is 53.1 Å². The van der Waals surface area contributed by atoms with Gasteiger partial charge in [0.15, 0.2) is 0 Å². The zero-order valence-corrected chi connectivity index (χ0v) is 16.5. The number of piperidine rings is 1. The van der Waals surface area contributed by atoms with Crippen LogP contribution in [0.4, 0.5) is 10.5 Å². The summed E-state index contributed by atoms with van der Waals surface area (Å²) in [5.74, 6) is 1.07. The van der Waals surface area contributed by atoms with Crippen molar-refractivity contribution in [3.05, 3.63) is 64.5 Å². The van der Waals surface area contributed by atoms with Crippen LogP contribution in [-0.4, -0.2) is 34.2 Å². The van der Waals surface area contributed by atoms with Crippen LogP contribution >= 0.6 is 23.2 Å². The smallest absolute Gasteiger partial charge is 0.321 e. The van der Waals surface area contributed by atoms with Crippen LogP contribution in [0.25, 0.3) is 11.4 Å². The van der Waals surface area contributed by atoms with Crippen molar-refractivity contribution in [2.45, 2.75) is 18.8 Å². The van der Waals surface area contributed by atoms with E-state index >= 15 is 0 Å². The summed E-state index contributed by atoms with van der Waals surface area (Å²) in [4.78, 5) is 18.9. The van der Waals surface area contributed by atoms with Gasteiger partial charge in [-0.15, -0.1) is 0 Å². The van der Waals surface area contributed by atoms with E-state index < -0.39 is 0 Å². The van der Waals surface area contributed by atoms with Gasteiger partial charge < -0.3 is 14.7 Å². The predicted molar refractivity (Wildman–Crippen MR) is 109 cm³/mol. The first kappa shape index (κ1) is 18.8. The number of hydrogen-bond donors (Lipinski definition) is 1. The Bertz CT molecular complexity index is 974. The summed E-state index contributed by atoms with van der Waals surface area (Å²) in [7, 11) is 0. The van der Waals surface area contributed by atoms with Crippen molar-refractivity contribution in [2.75, 3.05) is 18.4 Å². The maximum absolute atomic E-state index is 12.6. The molecule has 28 heavy (non-hydrogen) atoms. The van der Waals surface area contributed by atoms with E-state index in [1.165, 1.54) is 0 Å². The van der Waals surface area contributed by atoms with Gasteiger partial charge in [0.1, 0.15) is 0 Å². The number of nitrogens with zero attached hydrogens (tertiary/aromatic N) is 3. The van der Waals surface area contributed by atoms with Gasteiger partial charge in [-0.25, -0.2) is 4.79 Å². The molecule has 1 aliphatic rings. The lowest BCUT2D eigenvalue weighted by molar-refractivity contribution is 0.184. The minimum atomic E-state index is -0.163. The SMILES string of the molecule is O=C(Nc1cccc(Cl)c1)N1CCCC(c2nc(-c3ccc(Cl)cc3)no2)C1. The van der Waals surface area contributed by atoms with Gasteiger partial charge in [-0.1, -0.05) is 34.4 Å². The molecule has 6 nitrogen and oxygen atoms in total. The van der Waals surface area contributed by atoms with Crippen molar-refractivity contribution in [1.29, 1.82) is 0 Å². The topological polar surface area (TPSA) is 71.3 Å². The van der Waals surface area contributed by atoms with Crippen LogP contribution in [0.2, 0.25) is 10.0 Å². The molecule has 3 aromatic rings. The van der Waals surface area contributed by atoms with E-state index in [9.17, 15) is 4.79 Å². The fraction of sp³-hybridized carbons (Fsp3) is 0.250. The highest BCUT2D eigenvalue weighted by molar-refractivity contribution is 6.31. The minimum Gasteiger partial charge on any atom is -0.339 e. The molecule has 0 spiro atoms. The van der Waals surface area contributed by atoms with Crippen LogP contribution in [0.5, 0.6) is 0 Å². The molecule has 0 aliphatic carbocycles. The Balaban J connectivity index is 1.43. The first-order chi connectivity index (χ1) is 13.6. The molecule has 144 valence electrons. The number of rotatable bonds is 3. The maximum Gasteiger partial charge on any atom is 0.321 e. The van der Waals surface area contributed by atoms with E-state index in [1.807, 2.05) is 18.2 Å². The highest BCUT2D eigenvalue weighted by atomic mass is 35.5. The molecule has 2 amide bonds. The Kier molecular flexibility index (Phi) is 5.50. The van der Waals surface area contributed by atoms with Gasteiger partial charge in [0.2, 0.25) is 11.7 Å². The number of benzene rings is 2. The molecule has 2 aromatic carbocycles. The number of anilines is 1. The molecular formula is C20H18Cl2N4O2. The number of halogens is 2. The second kappa shape index (κ2) is 8.20. The third kappa shape index (κ3) is 4.29. The van der Waals surface area contributed by atoms with Gasteiger partial charge in [-0.3, -0.25) is 0 Å². The molecule has 0 bridgehead atoms. The summed E-state index contributed by atoms with van der Waals surface area (Å²) in [6.07, 6.45) is 1.76. The predicted octanol–water partition coefficient (Wildman–Crippen LogP) is 5.45. The Morgan fingerprint density at radius 2 is 1.96 bits per heavy atom. The van der Waals surface area contributed by atoms with Crippen LogP contribution in [-0.2, 0) is 0 Å². The molecule has 1 unspecified atom stereocenters. The van der Waals surface area contributed by atoms with Gasteiger partial charge in [0, 0.05) is 34.4 Å². The Labute approximate surface area is 172 Å². The molecule has 2 heterocycles. The number of carbonyl (C=O) groups is 1. The molecule has 1 aromatic heterocycles. The van der Waals surface area contributed by atoms with Crippen LogP contribution in [0, 0.1) is 0 Å². The van der Waals surface area contributed by atoms with E-state index in [4.69, 9.17) is 27.7 Å². The molecule has 0 radical (unpaired) electrons. The van der Waals surface area contributed by atoms with Crippen LogP contribution < -0.4 is 5.32 Å². The van der Waals surface area contributed by atoms with Gasteiger partial charge in [-0.2, -0.15) is 4.98 Å². The van der Waals surface area contributed by atoms with Crippen molar-refractivity contribution >= 4 is 34.9 Å². The standard InChI is InChI=1S/C20H18Cl2N4O2/c21-15-8-6-13(7-9-15)18-24-19(28-25-18)14-3-2-10-26(12-14)20(27)23-17-5-1-4-16(22)11-17/h1,4-9,11,14H,2-3,10,12H2,(H,23,27). The number of aromatic nitrogens is 2. The second-order valence-electron chi connectivity index (χ2n) is 6.69. The van der Waals surface area contributed by atoms with Crippen LogP contribution in [0.3, 0.4) is 0 Å². The normalized spacial score (nSPS) is 16.8. The number of hydrogen-bond acceptors (Lipinski definition) is 4. The van der Waals surface area contributed by atoms with Crippen molar-refractivity contribution in [3.63, 3.8) is 0 Å². The lowest BCUT2D eigenvalue weighted by Crippen LogP contribution is -2.41. The largest absolute Gasteiger partial charge is 0.339 e. The molecule has 1 N–H and O–H groups in total. The van der Waals surface area contributed by atoms with E-state index in [0.717, 1.165) is 18.4 Å². The third-order valence-electron chi connectivity index (χ3n) is 4.68.